The van der Waals surface area contributed by atoms with E-state index in [4.69, 9.17) is 16.3 Å². The summed E-state index contributed by atoms with van der Waals surface area (Å²) < 4.78 is 7.84. The minimum atomic E-state index is -0.463. The number of carbonyl (C=O) groups is 1. The second-order valence-electron chi connectivity index (χ2n) is 3.77. The Morgan fingerprint density at radius 3 is 2.61 bits per heavy atom. The lowest BCUT2D eigenvalue weighted by Crippen LogP contribution is -2.20. The van der Waals surface area contributed by atoms with Crippen LogP contribution in [0.1, 0.15) is 6.92 Å². The van der Waals surface area contributed by atoms with Gasteiger partial charge in [0, 0.05) is 32.4 Å². The van der Waals surface area contributed by atoms with Crippen LogP contribution in [0.2, 0.25) is 5.02 Å². The molecule has 0 N–H and O–H groups in total. The SMILES string of the molecule is CC(=O)Oc1cc(-n2ccn(C)c2=O)ccc1Cl. The fraction of sp³-hybridized carbons (Fsp3) is 0.167. The summed E-state index contributed by atoms with van der Waals surface area (Å²) in [5.74, 6) is -0.230. The van der Waals surface area contributed by atoms with E-state index in [9.17, 15) is 9.59 Å². The number of esters is 1. The minimum Gasteiger partial charge on any atom is -0.425 e. The van der Waals surface area contributed by atoms with E-state index in [-0.39, 0.29) is 11.4 Å². The first kappa shape index (κ1) is 12.4. The number of hydrogen-bond acceptors (Lipinski definition) is 3. The molecule has 1 heterocycles. The lowest BCUT2D eigenvalue weighted by molar-refractivity contribution is -0.131. The Labute approximate surface area is 108 Å². The molecule has 2 aromatic rings. The number of nitrogens with zero attached hydrogens (tertiary/aromatic N) is 2. The van der Waals surface area contributed by atoms with Crippen LogP contribution < -0.4 is 10.4 Å². The van der Waals surface area contributed by atoms with Crippen LogP contribution in [-0.2, 0) is 11.8 Å². The van der Waals surface area contributed by atoms with Crippen LogP contribution in [0.3, 0.4) is 0 Å². The molecular formula is C12H11ClN2O3. The summed E-state index contributed by atoms with van der Waals surface area (Å²) in [7, 11) is 1.65. The Balaban J connectivity index is 2.50. The summed E-state index contributed by atoms with van der Waals surface area (Å²) in [6, 6.07) is 4.80. The van der Waals surface area contributed by atoms with E-state index in [0.717, 1.165) is 0 Å². The van der Waals surface area contributed by atoms with Gasteiger partial charge in [0.15, 0.2) is 5.75 Å². The van der Waals surface area contributed by atoms with Gasteiger partial charge in [-0.15, -0.1) is 0 Å². The van der Waals surface area contributed by atoms with E-state index >= 15 is 0 Å². The molecule has 6 heteroatoms. The third kappa shape index (κ3) is 2.31. The molecule has 0 aliphatic rings. The smallest absolute Gasteiger partial charge is 0.332 e. The molecule has 2 rings (SSSR count). The average Bonchev–Trinajstić information content (AvgIpc) is 2.63. The molecule has 0 saturated carbocycles. The molecule has 0 radical (unpaired) electrons. The van der Waals surface area contributed by atoms with Gasteiger partial charge in [-0.1, -0.05) is 11.6 Å². The van der Waals surface area contributed by atoms with Gasteiger partial charge in [-0.2, -0.15) is 0 Å². The summed E-state index contributed by atoms with van der Waals surface area (Å²) in [6.45, 7) is 1.29. The first-order valence-corrected chi connectivity index (χ1v) is 5.59. The Morgan fingerprint density at radius 1 is 1.33 bits per heavy atom. The Hall–Kier alpha value is -2.01. The molecule has 1 aromatic heterocycles. The van der Waals surface area contributed by atoms with Gasteiger partial charge in [-0.25, -0.2) is 4.79 Å². The molecule has 0 atom stereocenters. The van der Waals surface area contributed by atoms with Gasteiger partial charge < -0.3 is 9.30 Å². The number of halogens is 1. The van der Waals surface area contributed by atoms with Crippen LogP contribution in [0.25, 0.3) is 5.69 Å². The number of aryl methyl sites for hydroxylation is 1. The molecule has 0 aliphatic carbocycles. The second kappa shape index (κ2) is 4.70. The fourth-order valence-electron chi connectivity index (χ4n) is 1.54. The van der Waals surface area contributed by atoms with Crippen LogP contribution >= 0.6 is 11.6 Å². The monoisotopic (exact) mass is 266 g/mol. The number of rotatable bonds is 2. The highest BCUT2D eigenvalue weighted by atomic mass is 35.5. The zero-order chi connectivity index (χ0) is 13.3. The van der Waals surface area contributed by atoms with Crippen molar-refractivity contribution in [1.29, 1.82) is 0 Å². The van der Waals surface area contributed by atoms with Crippen molar-refractivity contribution in [3.05, 3.63) is 46.1 Å². The van der Waals surface area contributed by atoms with Crippen molar-refractivity contribution in [1.82, 2.24) is 9.13 Å². The third-order valence-corrected chi connectivity index (χ3v) is 2.71. The lowest BCUT2D eigenvalue weighted by atomic mass is 10.3. The van der Waals surface area contributed by atoms with Crippen molar-refractivity contribution >= 4 is 17.6 Å². The minimum absolute atomic E-state index is 0.189. The molecule has 1 aromatic carbocycles. The average molecular weight is 267 g/mol. The Kier molecular flexibility index (Phi) is 3.25. The van der Waals surface area contributed by atoms with E-state index in [1.807, 2.05) is 0 Å². The molecule has 0 bridgehead atoms. The number of aromatic nitrogens is 2. The summed E-state index contributed by atoms with van der Waals surface area (Å²) in [6.07, 6.45) is 3.27. The maximum atomic E-state index is 11.8. The van der Waals surface area contributed by atoms with Crippen LogP contribution in [0.4, 0.5) is 0 Å². The quantitative estimate of drug-likeness (QED) is 0.615. The highest BCUT2D eigenvalue weighted by Crippen LogP contribution is 2.26. The second-order valence-corrected chi connectivity index (χ2v) is 4.18. The molecule has 94 valence electrons. The zero-order valence-electron chi connectivity index (χ0n) is 9.88. The van der Waals surface area contributed by atoms with Gasteiger partial charge in [-0.05, 0) is 12.1 Å². The molecule has 0 spiro atoms. The third-order valence-electron chi connectivity index (χ3n) is 2.39. The van der Waals surface area contributed by atoms with Crippen LogP contribution in [0.15, 0.2) is 35.4 Å². The largest absolute Gasteiger partial charge is 0.425 e. The predicted octanol–water partition coefficient (Wildman–Crippen LogP) is 1.75. The van der Waals surface area contributed by atoms with E-state index in [1.165, 1.54) is 16.1 Å². The van der Waals surface area contributed by atoms with Gasteiger partial charge in [0.05, 0.1) is 10.7 Å². The van der Waals surface area contributed by atoms with Gasteiger partial charge in [0.2, 0.25) is 0 Å². The van der Waals surface area contributed by atoms with Gasteiger partial charge in [0.1, 0.15) is 0 Å². The summed E-state index contributed by atoms with van der Waals surface area (Å²) in [5.41, 5.74) is 0.396. The normalized spacial score (nSPS) is 10.4. The number of benzene rings is 1. The van der Waals surface area contributed by atoms with Crippen LogP contribution in [0.5, 0.6) is 5.75 Å². The highest BCUT2D eigenvalue weighted by Gasteiger charge is 2.09. The topological polar surface area (TPSA) is 53.2 Å². The van der Waals surface area contributed by atoms with Crippen molar-refractivity contribution in [2.45, 2.75) is 6.92 Å². The number of carbonyl (C=O) groups excluding carboxylic acids is 1. The van der Waals surface area contributed by atoms with Gasteiger partial charge >= 0.3 is 11.7 Å². The standard InChI is InChI=1S/C12H11ClN2O3/c1-8(16)18-11-7-9(3-4-10(11)13)15-6-5-14(2)12(15)17/h3-7H,1-2H3. The Bertz CT molecular complexity index is 658. The van der Waals surface area contributed by atoms with Gasteiger partial charge in [-0.3, -0.25) is 9.36 Å². The van der Waals surface area contributed by atoms with Crippen molar-refractivity contribution < 1.29 is 9.53 Å². The molecule has 0 amide bonds. The molecule has 0 unspecified atom stereocenters. The molecule has 0 aliphatic heterocycles. The number of ether oxygens (including phenoxy) is 1. The maximum Gasteiger partial charge on any atom is 0.332 e. The van der Waals surface area contributed by atoms with Crippen LogP contribution in [-0.4, -0.2) is 15.1 Å². The molecule has 18 heavy (non-hydrogen) atoms. The van der Waals surface area contributed by atoms with Crippen molar-refractivity contribution in [2.75, 3.05) is 0 Å². The molecule has 0 fully saturated rings. The van der Waals surface area contributed by atoms with Crippen molar-refractivity contribution in [3.63, 3.8) is 0 Å². The predicted molar refractivity (Wildman–Crippen MR) is 67.3 cm³/mol. The van der Waals surface area contributed by atoms with E-state index in [2.05, 4.69) is 0 Å². The molecule has 5 nitrogen and oxygen atoms in total. The fourth-order valence-corrected chi connectivity index (χ4v) is 1.69. The van der Waals surface area contributed by atoms with E-state index < -0.39 is 5.97 Å². The van der Waals surface area contributed by atoms with Crippen molar-refractivity contribution in [2.24, 2.45) is 7.05 Å². The Morgan fingerprint density at radius 2 is 2.06 bits per heavy atom. The van der Waals surface area contributed by atoms with E-state index in [0.29, 0.717) is 10.7 Å². The lowest BCUT2D eigenvalue weighted by Gasteiger charge is -2.07. The van der Waals surface area contributed by atoms with Gasteiger partial charge in [0.25, 0.3) is 0 Å². The highest BCUT2D eigenvalue weighted by molar-refractivity contribution is 6.32. The first-order chi connectivity index (χ1) is 8.49. The van der Waals surface area contributed by atoms with Crippen molar-refractivity contribution in [3.8, 4) is 11.4 Å². The molecule has 0 saturated heterocycles. The number of hydrogen-bond donors (Lipinski definition) is 0. The first-order valence-electron chi connectivity index (χ1n) is 5.21. The summed E-state index contributed by atoms with van der Waals surface area (Å²) in [4.78, 5) is 22.7. The number of imidazole rings is 1. The van der Waals surface area contributed by atoms with E-state index in [1.54, 1.807) is 37.6 Å². The van der Waals surface area contributed by atoms with Crippen LogP contribution in [0, 0.1) is 0 Å². The maximum absolute atomic E-state index is 11.8. The zero-order valence-corrected chi connectivity index (χ0v) is 10.6. The summed E-state index contributed by atoms with van der Waals surface area (Å²) >= 11 is 5.90. The molecular weight excluding hydrogens is 256 g/mol. The summed E-state index contributed by atoms with van der Waals surface area (Å²) in [5, 5.41) is 0.318.